The highest BCUT2D eigenvalue weighted by Gasteiger charge is 2.24. The normalized spacial score (nSPS) is 11.6. The number of carbonyl (C=O) groups excluding carboxylic acids is 1. The van der Waals surface area contributed by atoms with Crippen LogP contribution in [-0.4, -0.2) is 10.9 Å². The molecule has 0 amide bonds. The van der Waals surface area contributed by atoms with Crippen molar-refractivity contribution < 1.29 is 19.4 Å². The van der Waals surface area contributed by atoms with Gasteiger partial charge in [0, 0.05) is 22.0 Å². The average Bonchev–Trinajstić information content (AvgIpc) is 3.10. The van der Waals surface area contributed by atoms with Crippen LogP contribution in [0.15, 0.2) is 152 Å². The van der Waals surface area contributed by atoms with E-state index in [1.807, 2.05) is 66.7 Å². The molecule has 47 heavy (non-hydrogen) atoms. The van der Waals surface area contributed by atoms with Crippen LogP contribution in [0.3, 0.4) is 0 Å². The van der Waals surface area contributed by atoms with Crippen LogP contribution in [0.5, 0.6) is 28.7 Å². The van der Waals surface area contributed by atoms with Gasteiger partial charge in [0.25, 0.3) is 0 Å². The molecule has 0 aliphatic carbocycles. The fraction of sp³-hybridized carbons (Fsp3) is 0.140. The van der Waals surface area contributed by atoms with E-state index >= 15 is 0 Å². The van der Waals surface area contributed by atoms with Gasteiger partial charge in [-0.1, -0.05) is 94.4 Å². The molecule has 0 saturated heterocycles. The molecule has 1 N–H and O–H groups in total. The van der Waals surface area contributed by atoms with Crippen molar-refractivity contribution in [3.05, 3.63) is 185 Å². The molecule has 234 valence electrons. The molecule has 0 saturated carbocycles. The Morgan fingerprint density at radius 2 is 0.723 bits per heavy atom. The van der Waals surface area contributed by atoms with Crippen LogP contribution in [-0.2, 0) is 10.8 Å². The van der Waals surface area contributed by atoms with Crippen molar-refractivity contribution in [2.24, 2.45) is 0 Å². The Morgan fingerprint density at radius 1 is 0.426 bits per heavy atom. The molecule has 6 aromatic carbocycles. The molecule has 0 bridgehead atoms. The second kappa shape index (κ2) is 13.0. The zero-order chi connectivity index (χ0) is 33.0. The molecule has 0 spiro atoms. The van der Waals surface area contributed by atoms with Crippen molar-refractivity contribution in [2.75, 3.05) is 0 Å². The van der Waals surface area contributed by atoms with Crippen molar-refractivity contribution in [3.8, 4) is 28.7 Å². The minimum Gasteiger partial charge on any atom is -0.508 e. The second-order valence-corrected chi connectivity index (χ2v) is 12.8. The Kier molecular flexibility index (Phi) is 8.69. The lowest BCUT2D eigenvalue weighted by Gasteiger charge is -2.26. The van der Waals surface area contributed by atoms with Gasteiger partial charge in [-0.3, -0.25) is 4.79 Å². The van der Waals surface area contributed by atoms with E-state index in [1.165, 1.54) is 11.1 Å². The molecule has 0 radical (unpaired) electrons. The third-order valence-electron chi connectivity index (χ3n) is 8.94. The summed E-state index contributed by atoms with van der Waals surface area (Å²) in [6, 6.07) is 48.3. The average molecular weight is 619 g/mol. The number of aromatic hydroxyl groups is 1. The van der Waals surface area contributed by atoms with E-state index in [-0.39, 0.29) is 22.4 Å². The summed E-state index contributed by atoms with van der Waals surface area (Å²) < 4.78 is 12.1. The number of hydrogen-bond acceptors (Lipinski definition) is 4. The van der Waals surface area contributed by atoms with Gasteiger partial charge in [0.15, 0.2) is 5.78 Å². The van der Waals surface area contributed by atoms with Gasteiger partial charge in [0.1, 0.15) is 28.7 Å². The zero-order valence-electron chi connectivity index (χ0n) is 27.1. The number of rotatable bonds is 10. The van der Waals surface area contributed by atoms with Crippen LogP contribution < -0.4 is 9.47 Å². The molecule has 0 aliphatic rings. The number of phenols is 1. The molecular formula is C43H38O4. The Balaban J connectivity index is 1.06. The van der Waals surface area contributed by atoms with E-state index in [1.54, 1.807) is 36.4 Å². The maximum atomic E-state index is 13.2. The van der Waals surface area contributed by atoms with Gasteiger partial charge < -0.3 is 14.6 Å². The summed E-state index contributed by atoms with van der Waals surface area (Å²) >= 11 is 0. The maximum absolute atomic E-state index is 13.2. The van der Waals surface area contributed by atoms with Crippen molar-refractivity contribution in [2.45, 2.75) is 38.5 Å². The third-order valence-corrected chi connectivity index (χ3v) is 8.94. The van der Waals surface area contributed by atoms with E-state index < -0.39 is 0 Å². The summed E-state index contributed by atoms with van der Waals surface area (Å²) in [6.07, 6.45) is 0. The molecular weight excluding hydrogens is 580 g/mol. The number of phenolic OH excluding ortho intramolecular Hbond substituents is 1. The summed E-state index contributed by atoms with van der Waals surface area (Å²) in [6.45, 7) is 8.74. The van der Waals surface area contributed by atoms with Gasteiger partial charge in [0.2, 0.25) is 0 Å². The molecule has 4 nitrogen and oxygen atoms in total. The molecule has 4 heteroatoms. The largest absolute Gasteiger partial charge is 0.508 e. The zero-order valence-corrected chi connectivity index (χ0v) is 27.1. The van der Waals surface area contributed by atoms with Gasteiger partial charge in [-0.05, 0) is 107 Å². The Labute approximate surface area is 276 Å². The second-order valence-electron chi connectivity index (χ2n) is 12.8. The fourth-order valence-electron chi connectivity index (χ4n) is 5.73. The number of ketones is 1. The summed E-state index contributed by atoms with van der Waals surface area (Å²) in [5.74, 6) is 2.94. The van der Waals surface area contributed by atoms with Crippen LogP contribution in [0.4, 0.5) is 0 Å². The van der Waals surface area contributed by atoms with Gasteiger partial charge in [-0.15, -0.1) is 0 Å². The molecule has 0 heterocycles. The van der Waals surface area contributed by atoms with Gasteiger partial charge in [-0.25, -0.2) is 0 Å². The quantitative estimate of drug-likeness (QED) is 0.155. The predicted molar refractivity (Wildman–Crippen MR) is 188 cm³/mol. The Bertz CT molecular complexity index is 1940. The molecule has 0 atom stereocenters. The first-order valence-corrected chi connectivity index (χ1v) is 15.8. The van der Waals surface area contributed by atoms with Crippen LogP contribution in [0.25, 0.3) is 0 Å². The summed E-state index contributed by atoms with van der Waals surface area (Å²) in [5.41, 5.74) is 5.52. The summed E-state index contributed by atoms with van der Waals surface area (Å²) in [4.78, 5) is 13.2. The molecule has 0 aromatic heterocycles. The van der Waals surface area contributed by atoms with E-state index in [0.717, 1.165) is 16.9 Å². The lowest BCUT2D eigenvalue weighted by atomic mass is 9.78. The van der Waals surface area contributed by atoms with Crippen molar-refractivity contribution in [3.63, 3.8) is 0 Å². The van der Waals surface area contributed by atoms with Crippen molar-refractivity contribution >= 4 is 5.78 Å². The van der Waals surface area contributed by atoms with Gasteiger partial charge in [0.05, 0.1) is 0 Å². The van der Waals surface area contributed by atoms with Gasteiger partial charge in [-0.2, -0.15) is 0 Å². The van der Waals surface area contributed by atoms with Gasteiger partial charge >= 0.3 is 0 Å². The Hall–Kier alpha value is -5.61. The predicted octanol–water partition coefficient (Wildman–Crippen LogP) is 10.9. The fourth-order valence-corrected chi connectivity index (χ4v) is 5.73. The summed E-state index contributed by atoms with van der Waals surface area (Å²) in [7, 11) is 0. The lowest BCUT2D eigenvalue weighted by Crippen LogP contribution is -2.18. The first-order chi connectivity index (χ1) is 22.6. The van der Waals surface area contributed by atoms with Crippen LogP contribution >= 0.6 is 0 Å². The van der Waals surface area contributed by atoms with E-state index in [2.05, 4.69) is 76.2 Å². The molecule has 0 unspecified atom stereocenters. The number of hydrogen-bond donors (Lipinski definition) is 1. The maximum Gasteiger partial charge on any atom is 0.193 e. The van der Waals surface area contributed by atoms with Crippen LogP contribution in [0.2, 0.25) is 0 Å². The smallest absolute Gasteiger partial charge is 0.193 e. The molecule has 6 rings (SSSR count). The SMILES string of the molecule is CC(C)(c1ccccc1)c1ccc(Oc2ccc(C(=O)c3ccc(Oc4ccc(C(C)(C)c5ccc(O)cc5)cc4)cc3)cc2)cc1. The lowest BCUT2D eigenvalue weighted by molar-refractivity contribution is 0.103. The van der Waals surface area contributed by atoms with Crippen LogP contribution in [0, 0.1) is 0 Å². The molecule has 0 aliphatic heterocycles. The monoisotopic (exact) mass is 618 g/mol. The molecule has 0 fully saturated rings. The minimum absolute atomic E-state index is 0.0728. The van der Waals surface area contributed by atoms with E-state index in [4.69, 9.17) is 9.47 Å². The van der Waals surface area contributed by atoms with E-state index in [9.17, 15) is 9.90 Å². The number of ether oxygens (including phenoxy) is 2. The number of carbonyl (C=O) groups is 1. The van der Waals surface area contributed by atoms with Crippen molar-refractivity contribution in [1.82, 2.24) is 0 Å². The van der Waals surface area contributed by atoms with Crippen LogP contribution in [0.1, 0.15) is 65.9 Å². The standard InChI is InChI=1S/C43H38O4/c1-42(2,32-8-6-5-7-9-32)34-16-26-39(27-17-34)46-37-22-10-30(11-23-37)41(45)31-12-24-38(25-13-31)47-40-28-18-35(19-29-40)43(3,4)33-14-20-36(44)21-15-33/h5-29,44H,1-4H3. The van der Waals surface area contributed by atoms with Crippen molar-refractivity contribution in [1.29, 1.82) is 0 Å². The number of benzene rings is 6. The highest BCUT2D eigenvalue weighted by Crippen LogP contribution is 2.35. The third kappa shape index (κ3) is 6.97. The first-order valence-electron chi connectivity index (χ1n) is 15.8. The highest BCUT2D eigenvalue weighted by molar-refractivity contribution is 6.09. The topological polar surface area (TPSA) is 55.8 Å². The summed E-state index contributed by atoms with van der Waals surface area (Å²) in [5, 5.41) is 9.64. The highest BCUT2D eigenvalue weighted by atomic mass is 16.5. The van der Waals surface area contributed by atoms with E-state index in [0.29, 0.717) is 28.4 Å². The first kappa shape index (κ1) is 31.4. The minimum atomic E-state index is -0.232. The Morgan fingerprint density at radius 3 is 1.09 bits per heavy atom. The molecule has 6 aromatic rings.